The Labute approximate surface area is 215 Å². The van der Waals surface area contributed by atoms with Crippen LogP contribution in [0.5, 0.6) is 0 Å². The zero-order chi connectivity index (χ0) is 25.5. The maximum absolute atomic E-state index is 13.0. The molecule has 1 aromatic heterocycles. The van der Waals surface area contributed by atoms with Crippen molar-refractivity contribution in [3.05, 3.63) is 84.3 Å². The highest BCUT2D eigenvalue weighted by Gasteiger charge is 2.23. The summed E-state index contributed by atoms with van der Waals surface area (Å²) in [5.41, 5.74) is 7.46. The summed E-state index contributed by atoms with van der Waals surface area (Å²) in [5.74, 6) is 1.15. The van der Waals surface area contributed by atoms with E-state index < -0.39 is 0 Å². The van der Waals surface area contributed by atoms with Crippen molar-refractivity contribution in [3.8, 4) is 0 Å². The van der Waals surface area contributed by atoms with Gasteiger partial charge in [0.2, 0.25) is 0 Å². The van der Waals surface area contributed by atoms with Gasteiger partial charge in [-0.1, -0.05) is 48.6 Å². The second-order valence-electron chi connectivity index (χ2n) is 10.2. The van der Waals surface area contributed by atoms with Gasteiger partial charge in [-0.3, -0.25) is 5.32 Å². The maximum Gasteiger partial charge on any atom is 0.323 e. The Kier molecular flexibility index (Phi) is 8.58. The minimum Gasteiger partial charge on any atom is -0.324 e. The molecule has 0 radical (unpaired) electrons. The number of benzene rings is 1. The monoisotopic (exact) mass is 482 g/mol. The standard InChI is InChI=1S/C31H38N4O/c1-5-7-26(18-23(2)3)27-9-10-28-22-32-30(21-29(28)20-27)33-31(36)35-16-12-25(13-17-35)19-24-8-6-14-34(4)15-11-24/h7,9-10,18-22,25H,1-2,6,8,11-17H2,3-4H3,(H,32,33,36)/b24-19-,26-18+. The van der Waals surface area contributed by atoms with Crippen LogP contribution >= 0.6 is 0 Å². The van der Waals surface area contributed by atoms with E-state index in [1.54, 1.807) is 5.57 Å². The highest BCUT2D eigenvalue weighted by Crippen LogP contribution is 2.26. The first-order chi connectivity index (χ1) is 17.4. The third-order valence-corrected chi connectivity index (χ3v) is 7.10. The molecule has 2 aliphatic rings. The first-order valence-electron chi connectivity index (χ1n) is 13.0. The number of pyridine rings is 1. The van der Waals surface area contributed by atoms with Gasteiger partial charge in [-0.15, -0.1) is 5.73 Å². The van der Waals surface area contributed by atoms with Crippen molar-refractivity contribution in [3.63, 3.8) is 0 Å². The first kappa shape index (κ1) is 25.7. The van der Waals surface area contributed by atoms with Gasteiger partial charge in [0.05, 0.1) is 0 Å². The number of urea groups is 1. The molecule has 0 atom stereocenters. The predicted molar refractivity (Wildman–Crippen MR) is 151 cm³/mol. The number of allylic oxidation sites excluding steroid dienone is 5. The van der Waals surface area contributed by atoms with Gasteiger partial charge in [0.15, 0.2) is 0 Å². The summed E-state index contributed by atoms with van der Waals surface area (Å²) in [7, 11) is 2.21. The lowest BCUT2D eigenvalue weighted by atomic mass is 9.92. The van der Waals surface area contributed by atoms with E-state index in [2.05, 4.69) is 59.3 Å². The molecule has 2 aliphatic heterocycles. The van der Waals surface area contributed by atoms with Gasteiger partial charge in [0.25, 0.3) is 0 Å². The van der Waals surface area contributed by atoms with Gasteiger partial charge in [0, 0.05) is 31.2 Å². The Balaban J connectivity index is 1.39. The van der Waals surface area contributed by atoms with E-state index in [-0.39, 0.29) is 6.03 Å². The number of likely N-dealkylation sites (tertiary alicyclic amines) is 2. The van der Waals surface area contributed by atoms with Crippen molar-refractivity contribution in [2.24, 2.45) is 5.92 Å². The molecular formula is C31H38N4O. The molecule has 5 heteroatoms. The number of anilines is 1. The fourth-order valence-corrected chi connectivity index (χ4v) is 5.08. The number of rotatable bonds is 5. The molecule has 2 fully saturated rings. The second kappa shape index (κ2) is 12.0. The molecule has 3 heterocycles. The number of hydrogen-bond donors (Lipinski definition) is 1. The van der Waals surface area contributed by atoms with E-state index in [9.17, 15) is 4.79 Å². The summed E-state index contributed by atoms with van der Waals surface area (Å²) in [4.78, 5) is 21.8. The lowest BCUT2D eigenvalue weighted by Gasteiger charge is -2.31. The van der Waals surface area contributed by atoms with Crippen molar-refractivity contribution >= 4 is 28.2 Å². The van der Waals surface area contributed by atoms with Crippen LogP contribution in [-0.2, 0) is 0 Å². The Morgan fingerprint density at radius 3 is 2.69 bits per heavy atom. The molecule has 1 N–H and O–H groups in total. The second-order valence-corrected chi connectivity index (χ2v) is 10.2. The molecule has 36 heavy (non-hydrogen) atoms. The minimum absolute atomic E-state index is 0.0716. The van der Waals surface area contributed by atoms with Crippen LogP contribution in [0.4, 0.5) is 10.6 Å². The molecule has 0 spiro atoms. The number of nitrogens with one attached hydrogen (secondary N) is 1. The Hall–Kier alpha value is -3.40. The van der Waals surface area contributed by atoms with Gasteiger partial charge < -0.3 is 9.80 Å². The summed E-state index contributed by atoms with van der Waals surface area (Å²) in [6, 6.07) is 8.06. The van der Waals surface area contributed by atoms with Gasteiger partial charge in [0.1, 0.15) is 5.82 Å². The fourth-order valence-electron chi connectivity index (χ4n) is 5.08. The molecule has 4 rings (SSSR count). The predicted octanol–water partition coefficient (Wildman–Crippen LogP) is 6.82. The van der Waals surface area contributed by atoms with Crippen LogP contribution in [0.3, 0.4) is 0 Å². The molecule has 2 saturated heterocycles. The summed E-state index contributed by atoms with van der Waals surface area (Å²) in [6.45, 7) is 13.6. The van der Waals surface area contributed by atoms with E-state index in [1.165, 1.54) is 25.8 Å². The molecule has 2 amide bonds. The summed E-state index contributed by atoms with van der Waals surface area (Å²) >= 11 is 0. The van der Waals surface area contributed by atoms with Crippen LogP contribution in [0, 0.1) is 5.92 Å². The average molecular weight is 483 g/mol. The van der Waals surface area contributed by atoms with Crippen LogP contribution in [0.15, 0.2) is 78.7 Å². The minimum atomic E-state index is -0.0716. The molecular weight excluding hydrogens is 444 g/mol. The van der Waals surface area contributed by atoms with Gasteiger partial charge in [-0.25, -0.2) is 9.78 Å². The lowest BCUT2D eigenvalue weighted by Crippen LogP contribution is -2.40. The number of nitrogens with zero attached hydrogens (tertiary/aromatic N) is 3. The van der Waals surface area contributed by atoms with Crippen LogP contribution in [0.2, 0.25) is 0 Å². The molecule has 2 aromatic rings. The zero-order valence-corrected chi connectivity index (χ0v) is 21.7. The summed E-state index contributed by atoms with van der Waals surface area (Å²) in [6.07, 6.45) is 13.9. The van der Waals surface area contributed by atoms with Crippen molar-refractivity contribution < 1.29 is 4.79 Å². The smallest absolute Gasteiger partial charge is 0.323 e. The van der Waals surface area contributed by atoms with E-state index in [4.69, 9.17) is 0 Å². The van der Waals surface area contributed by atoms with Gasteiger partial charge >= 0.3 is 6.03 Å². The van der Waals surface area contributed by atoms with Crippen LogP contribution < -0.4 is 5.32 Å². The molecule has 0 unspecified atom stereocenters. The fraction of sp³-hybridized carbons (Fsp3) is 0.387. The molecule has 0 bridgehead atoms. The first-order valence-corrected chi connectivity index (χ1v) is 13.0. The van der Waals surface area contributed by atoms with Crippen LogP contribution in [0.25, 0.3) is 16.3 Å². The maximum atomic E-state index is 13.0. The highest BCUT2D eigenvalue weighted by molar-refractivity contribution is 5.93. The summed E-state index contributed by atoms with van der Waals surface area (Å²) in [5, 5.41) is 5.05. The number of amides is 2. The summed E-state index contributed by atoms with van der Waals surface area (Å²) < 4.78 is 0. The quantitative estimate of drug-likeness (QED) is 0.289. The molecule has 0 saturated carbocycles. The Morgan fingerprint density at radius 1 is 1.14 bits per heavy atom. The van der Waals surface area contributed by atoms with Gasteiger partial charge in [-0.2, -0.15) is 0 Å². The van der Waals surface area contributed by atoms with Crippen molar-refractivity contribution in [2.75, 3.05) is 38.5 Å². The van der Waals surface area contributed by atoms with E-state index in [1.807, 2.05) is 42.3 Å². The van der Waals surface area contributed by atoms with E-state index in [0.29, 0.717) is 11.7 Å². The molecule has 188 valence electrons. The SMILES string of the molecule is C=C=C/C(=C\C(=C)C)c1ccc2cnc(NC(=O)N3CCC(/C=C4/CCCN(C)CC4)CC3)cc2c1. The Bertz CT molecular complexity index is 1230. The number of carbonyl (C=O) groups is 1. The third kappa shape index (κ3) is 6.84. The average Bonchev–Trinajstić information content (AvgIpc) is 3.07. The number of carbonyl (C=O) groups excluding carboxylic acids is 1. The number of piperidine rings is 1. The molecule has 0 aliphatic carbocycles. The highest BCUT2D eigenvalue weighted by atomic mass is 16.2. The Morgan fingerprint density at radius 2 is 1.94 bits per heavy atom. The van der Waals surface area contributed by atoms with Crippen molar-refractivity contribution in [1.82, 2.24) is 14.8 Å². The van der Waals surface area contributed by atoms with E-state index >= 15 is 0 Å². The van der Waals surface area contributed by atoms with Crippen LogP contribution in [0.1, 0.15) is 44.6 Å². The zero-order valence-electron chi connectivity index (χ0n) is 21.7. The largest absolute Gasteiger partial charge is 0.324 e. The third-order valence-electron chi connectivity index (χ3n) is 7.10. The van der Waals surface area contributed by atoms with Crippen molar-refractivity contribution in [1.29, 1.82) is 0 Å². The normalized spacial score (nSPS) is 19.1. The van der Waals surface area contributed by atoms with Crippen LogP contribution in [-0.4, -0.2) is 54.0 Å². The van der Waals surface area contributed by atoms with Crippen molar-refractivity contribution in [2.45, 2.75) is 39.0 Å². The van der Waals surface area contributed by atoms with Gasteiger partial charge in [-0.05, 0) is 93.3 Å². The molecule has 5 nitrogen and oxygen atoms in total. The van der Waals surface area contributed by atoms with E-state index in [0.717, 1.165) is 60.0 Å². The molecule has 1 aromatic carbocycles. The number of fused-ring (bicyclic) bond motifs is 1. The number of aromatic nitrogens is 1. The number of hydrogen-bond acceptors (Lipinski definition) is 3. The lowest BCUT2D eigenvalue weighted by molar-refractivity contribution is 0.191. The topological polar surface area (TPSA) is 48.5 Å².